The van der Waals surface area contributed by atoms with Gasteiger partial charge in [0.05, 0.1) is 11.6 Å². The van der Waals surface area contributed by atoms with Gasteiger partial charge in [0.25, 0.3) is 0 Å². The predicted molar refractivity (Wildman–Crippen MR) is 83.2 cm³/mol. The van der Waals surface area contributed by atoms with Gasteiger partial charge in [-0.1, -0.05) is 11.6 Å². The highest BCUT2D eigenvalue weighted by molar-refractivity contribution is 6.31. The summed E-state index contributed by atoms with van der Waals surface area (Å²) >= 11 is 5.78. The van der Waals surface area contributed by atoms with Gasteiger partial charge in [-0.05, 0) is 31.0 Å². The molecular formula is C15H21ClFN3O. The molecule has 1 aromatic carbocycles. The maximum absolute atomic E-state index is 13.1. The van der Waals surface area contributed by atoms with Crippen molar-refractivity contribution in [3.8, 4) is 0 Å². The van der Waals surface area contributed by atoms with Gasteiger partial charge < -0.3 is 10.2 Å². The van der Waals surface area contributed by atoms with E-state index in [0.29, 0.717) is 12.6 Å². The van der Waals surface area contributed by atoms with E-state index < -0.39 is 5.82 Å². The highest BCUT2D eigenvalue weighted by Crippen LogP contribution is 2.22. The van der Waals surface area contributed by atoms with Crippen LogP contribution >= 0.6 is 11.6 Å². The van der Waals surface area contributed by atoms with Crippen LogP contribution in [-0.2, 0) is 4.79 Å². The number of hydrogen-bond acceptors (Lipinski definition) is 3. The zero-order valence-electron chi connectivity index (χ0n) is 12.4. The van der Waals surface area contributed by atoms with Crippen LogP contribution in [0.2, 0.25) is 5.02 Å². The fraction of sp³-hybridized carbons (Fsp3) is 0.533. The predicted octanol–water partition coefficient (Wildman–Crippen LogP) is 2.44. The second-order valence-electron chi connectivity index (χ2n) is 5.61. The summed E-state index contributed by atoms with van der Waals surface area (Å²) in [4.78, 5) is 15.5. The zero-order valence-corrected chi connectivity index (χ0v) is 13.2. The van der Waals surface area contributed by atoms with E-state index in [9.17, 15) is 9.18 Å². The standard InChI is InChI=1S/C15H21ClFN3O/c1-19(2)15(21)10-20-7-5-11(6-8-20)18-12-3-4-14(17)13(16)9-12/h3-4,9,11,18H,5-8,10H2,1-2H3. The topological polar surface area (TPSA) is 35.6 Å². The van der Waals surface area contributed by atoms with Crippen molar-refractivity contribution < 1.29 is 9.18 Å². The van der Waals surface area contributed by atoms with Crippen molar-refractivity contribution in [2.75, 3.05) is 39.0 Å². The number of benzene rings is 1. The van der Waals surface area contributed by atoms with Gasteiger partial charge in [-0.25, -0.2) is 4.39 Å². The van der Waals surface area contributed by atoms with Crippen molar-refractivity contribution in [2.24, 2.45) is 0 Å². The Balaban J connectivity index is 1.81. The monoisotopic (exact) mass is 313 g/mol. The Hall–Kier alpha value is -1.33. The summed E-state index contributed by atoms with van der Waals surface area (Å²) in [6.07, 6.45) is 1.91. The summed E-state index contributed by atoms with van der Waals surface area (Å²) in [7, 11) is 3.55. The highest BCUT2D eigenvalue weighted by atomic mass is 35.5. The van der Waals surface area contributed by atoms with E-state index in [2.05, 4.69) is 10.2 Å². The van der Waals surface area contributed by atoms with Crippen molar-refractivity contribution in [3.05, 3.63) is 29.0 Å². The molecule has 4 nitrogen and oxygen atoms in total. The SMILES string of the molecule is CN(C)C(=O)CN1CCC(Nc2ccc(F)c(Cl)c2)CC1. The highest BCUT2D eigenvalue weighted by Gasteiger charge is 2.21. The first-order valence-corrected chi connectivity index (χ1v) is 7.47. The molecule has 116 valence electrons. The molecule has 0 bridgehead atoms. The molecule has 6 heteroatoms. The van der Waals surface area contributed by atoms with Crippen LogP contribution in [-0.4, -0.2) is 55.5 Å². The van der Waals surface area contributed by atoms with E-state index in [-0.39, 0.29) is 10.9 Å². The Morgan fingerprint density at radius 2 is 2.10 bits per heavy atom. The summed E-state index contributed by atoms with van der Waals surface area (Å²) < 4.78 is 13.1. The number of piperidine rings is 1. The molecule has 0 spiro atoms. The lowest BCUT2D eigenvalue weighted by Crippen LogP contribution is -2.43. The molecule has 0 radical (unpaired) electrons. The third-order valence-corrected chi connectivity index (χ3v) is 4.03. The quantitative estimate of drug-likeness (QED) is 0.927. The van der Waals surface area contributed by atoms with Crippen LogP contribution in [0.3, 0.4) is 0 Å². The molecule has 0 saturated carbocycles. The number of nitrogens with zero attached hydrogens (tertiary/aromatic N) is 2. The molecule has 0 aliphatic carbocycles. The first kappa shape index (κ1) is 16.0. The molecular weight excluding hydrogens is 293 g/mol. The van der Waals surface area contributed by atoms with Crippen molar-refractivity contribution in [3.63, 3.8) is 0 Å². The van der Waals surface area contributed by atoms with Gasteiger partial charge in [0.2, 0.25) is 5.91 Å². The van der Waals surface area contributed by atoms with E-state index in [1.807, 2.05) is 0 Å². The van der Waals surface area contributed by atoms with Crippen LogP contribution in [0.5, 0.6) is 0 Å². The third kappa shape index (κ3) is 4.58. The molecule has 1 amide bonds. The van der Waals surface area contributed by atoms with Crippen LogP contribution in [0.15, 0.2) is 18.2 Å². The van der Waals surface area contributed by atoms with Crippen molar-refractivity contribution >= 4 is 23.2 Å². The number of rotatable bonds is 4. The summed E-state index contributed by atoms with van der Waals surface area (Å²) in [5, 5.41) is 3.51. The number of anilines is 1. The number of halogens is 2. The Bertz CT molecular complexity index is 502. The summed E-state index contributed by atoms with van der Waals surface area (Å²) in [6, 6.07) is 5.01. The summed E-state index contributed by atoms with van der Waals surface area (Å²) in [5.74, 6) is -0.272. The van der Waals surface area contributed by atoms with Gasteiger partial charge in [0.15, 0.2) is 0 Å². The first-order valence-electron chi connectivity index (χ1n) is 7.10. The van der Waals surface area contributed by atoms with Crippen molar-refractivity contribution in [1.82, 2.24) is 9.80 Å². The van der Waals surface area contributed by atoms with Crippen LogP contribution in [0, 0.1) is 5.82 Å². The van der Waals surface area contributed by atoms with E-state index in [4.69, 9.17) is 11.6 Å². The van der Waals surface area contributed by atoms with Gasteiger partial charge in [-0.3, -0.25) is 9.69 Å². The van der Waals surface area contributed by atoms with Crippen LogP contribution in [0.1, 0.15) is 12.8 Å². The second kappa shape index (κ2) is 7.09. The molecule has 1 saturated heterocycles. The lowest BCUT2D eigenvalue weighted by atomic mass is 10.0. The van der Waals surface area contributed by atoms with Gasteiger partial charge in [-0.2, -0.15) is 0 Å². The lowest BCUT2D eigenvalue weighted by Gasteiger charge is -2.33. The molecule has 0 unspecified atom stereocenters. The number of nitrogens with one attached hydrogen (secondary N) is 1. The van der Waals surface area contributed by atoms with Gasteiger partial charge in [-0.15, -0.1) is 0 Å². The second-order valence-corrected chi connectivity index (χ2v) is 6.02. The molecule has 2 rings (SSSR count). The molecule has 0 atom stereocenters. The van der Waals surface area contributed by atoms with Gasteiger partial charge in [0.1, 0.15) is 5.82 Å². The average Bonchev–Trinajstić information content (AvgIpc) is 2.45. The van der Waals surface area contributed by atoms with E-state index in [0.717, 1.165) is 31.6 Å². The minimum Gasteiger partial charge on any atom is -0.382 e. The van der Waals surface area contributed by atoms with Crippen molar-refractivity contribution in [1.29, 1.82) is 0 Å². The smallest absolute Gasteiger partial charge is 0.236 e. The minimum absolute atomic E-state index is 0.131. The zero-order chi connectivity index (χ0) is 15.4. The number of likely N-dealkylation sites (tertiary alicyclic amines) is 1. The fourth-order valence-corrected chi connectivity index (χ4v) is 2.57. The third-order valence-electron chi connectivity index (χ3n) is 3.74. The Labute approximate surface area is 129 Å². The minimum atomic E-state index is -0.403. The number of amides is 1. The summed E-state index contributed by atoms with van der Waals surface area (Å²) in [6.45, 7) is 2.24. The Morgan fingerprint density at radius 1 is 1.43 bits per heavy atom. The Morgan fingerprint density at radius 3 is 2.67 bits per heavy atom. The number of carbonyl (C=O) groups is 1. The summed E-state index contributed by atoms with van der Waals surface area (Å²) in [5.41, 5.74) is 0.837. The maximum Gasteiger partial charge on any atom is 0.236 e. The van der Waals surface area contributed by atoms with Crippen molar-refractivity contribution in [2.45, 2.75) is 18.9 Å². The molecule has 0 aromatic heterocycles. The fourth-order valence-electron chi connectivity index (χ4n) is 2.39. The molecule has 1 aliphatic rings. The molecule has 1 heterocycles. The first-order chi connectivity index (χ1) is 9.95. The van der Waals surface area contributed by atoms with E-state index >= 15 is 0 Å². The molecule has 1 fully saturated rings. The van der Waals surface area contributed by atoms with Gasteiger partial charge in [0, 0.05) is 38.9 Å². The molecule has 1 aliphatic heterocycles. The van der Waals surface area contributed by atoms with E-state index in [1.165, 1.54) is 6.07 Å². The van der Waals surface area contributed by atoms with Crippen LogP contribution in [0.4, 0.5) is 10.1 Å². The van der Waals surface area contributed by atoms with E-state index in [1.54, 1.807) is 31.1 Å². The Kier molecular flexibility index (Phi) is 5.42. The normalized spacial score (nSPS) is 16.8. The van der Waals surface area contributed by atoms with Crippen LogP contribution < -0.4 is 5.32 Å². The largest absolute Gasteiger partial charge is 0.382 e. The molecule has 1 aromatic rings. The van der Waals surface area contributed by atoms with Crippen LogP contribution in [0.25, 0.3) is 0 Å². The molecule has 1 N–H and O–H groups in total. The maximum atomic E-state index is 13.1. The number of carbonyl (C=O) groups excluding carboxylic acids is 1. The molecule has 21 heavy (non-hydrogen) atoms. The average molecular weight is 314 g/mol. The number of hydrogen-bond donors (Lipinski definition) is 1. The lowest BCUT2D eigenvalue weighted by molar-refractivity contribution is -0.130. The number of likely N-dealkylation sites (N-methyl/N-ethyl adjacent to an activating group) is 1. The van der Waals surface area contributed by atoms with Gasteiger partial charge >= 0.3 is 0 Å².